The van der Waals surface area contributed by atoms with Gasteiger partial charge >= 0.3 is 0 Å². The molecule has 0 spiro atoms. The van der Waals surface area contributed by atoms with Crippen LogP contribution in [0, 0.1) is 5.92 Å². The van der Waals surface area contributed by atoms with E-state index in [1.54, 1.807) is 36.3 Å². The lowest BCUT2D eigenvalue weighted by molar-refractivity contribution is -0.136. The molecule has 1 unspecified atom stereocenters. The van der Waals surface area contributed by atoms with Crippen LogP contribution in [0.15, 0.2) is 37.6 Å². The molecule has 4 aliphatic heterocycles. The third-order valence-electron chi connectivity index (χ3n) is 10.3. The SMILES string of the molecule is CC(C)(C)c1cnc(CSc2cnc(NC(=O)C3CCN(C4CCN(Cc5cc6c(cc5Br)C(=O)N(C5CCC(=O)NC5=O)C6=O)CC4)CC3)s2)o1. The molecule has 2 N–H and O–H groups in total. The van der Waals surface area contributed by atoms with Crippen LogP contribution in [-0.2, 0) is 32.1 Å². The van der Waals surface area contributed by atoms with Crippen molar-refractivity contribution in [2.75, 3.05) is 31.5 Å². The predicted octanol–water partition coefficient (Wildman–Crippen LogP) is 5.20. The Labute approximate surface area is 318 Å². The predicted molar refractivity (Wildman–Crippen MR) is 199 cm³/mol. The van der Waals surface area contributed by atoms with Crippen LogP contribution in [0.25, 0.3) is 0 Å². The van der Waals surface area contributed by atoms with Crippen molar-refractivity contribution in [3.05, 3.63) is 57.3 Å². The van der Waals surface area contributed by atoms with Gasteiger partial charge in [0.2, 0.25) is 23.6 Å². The molecule has 13 nitrogen and oxygen atoms in total. The highest BCUT2D eigenvalue weighted by Gasteiger charge is 2.45. The standard InChI is InChI=1S/C36H42BrN7O6S2/c1-36(2,3)27-16-38-29(50-27)19-51-30-17-39-35(52-30)41-31(46)20-6-12-43(13-7-20)22-8-10-42(11-9-22)18-21-14-23-24(15-25(21)37)34(49)44(33(23)48)26-4-5-28(45)40-32(26)47/h14-17,20,22,26H,4-13,18-19H2,1-3H3,(H,39,41,46)(H,40,45,47). The van der Waals surface area contributed by atoms with E-state index in [-0.39, 0.29) is 35.6 Å². The second kappa shape index (κ2) is 15.1. The highest BCUT2D eigenvalue weighted by Crippen LogP contribution is 2.35. The summed E-state index contributed by atoms with van der Waals surface area (Å²) in [6.07, 6.45) is 7.42. The van der Waals surface area contributed by atoms with Crippen LogP contribution in [0.4, 0.5) is 5.13 Å². The van der Waals surface area contributed by atoms with Gasteiger partial charge in [-0.25, -0.2) is 9.97 Å². The lowest BCUT2D eigenvalue weighted by atomic mass is 9.92. The zero-order chi connectivity index (χ0) is 36.7. The Morgan fingerprint density at radius 1 is 1.00 bits per heavy atom. The molecule has 0 aliphatic carbocycles. The second-order valence-corrected chi connectivity index (χ2v) is 18.0. The number of piperidine rings is 3. The van der Waals surface area contributed by atoms with Crippen molar-refractivity contribution in [2.24, 2.45) is 5.92 Å². The van der Waals surface area contributed by atoms with E-state index in [1.807, 2.05) is 0 Å². The average molecular weight is 813 g/mol. The van der Waals surface area contributed by atoms with Gasteiger partial charge < -0.3 is 14.6 Å². The monoisotopic (exact) mass is 811 g/mol. The van der Waals surface area contributed by atoms with Crippen LogP contribution in [0.2, 0.25) is 0 Å². The summed E-state index contributed by atoms with van der Waals surface area (Å²) >= 11 is 6.67. The highest BCUT2D eigenvalue weighted by molar-refractivity contribution is 9.10. The largest absolute Gasteiger partial charge is 0.444 e. The zero-order valence-electron chi connectivity index (χ0n) is 29.4. The number of rotatable bonds is 9. The van der Waals surface area contributed by atoms with Crippen molar-refractivity contribution in [1.82, 2.24) is 30.0 Å². The molecule has 3 saturated heterocycles. The molecular formula is C36H42BrN7O6S2. The number of carbonyl (C=O) groups is 5. The normalized spacial score (nSPS) is 21.2. The molecule has 276 valence electrons. The smallest absolute Gasteiger partial charge is 0.262 e. The van der Waals surface area contributed by atoms with Gasteiger partial charge in [0.15, 0.2) is 5.13 Å². The number of nitrogens with one attached hydrogen (secondary N) is 2. The molecule has 3 aromatic rings. The Kier molecular flexibility index (Phi) is 10.7. The van der Waals surface area contributed by atoms with E-state index < -0.39 is 29.7 Å². The van der Waals surface area contributed by atoms with Gasteiger partial charge in [-0.05, 0) is 76.0 Å². The number of hydrogen-bond acceptors (Lipinski definition) is 12. The fourth-order valence-electron chi connectivity index (χ4n) is 7.31. The zero-order valence-corrected chi connectivity index (χ0v) is 32.6. The third-order valence-corrected chi connectivity index (χ3v) is 13.2. The molecule has 3 fully saturated rings. The molecule has 2 aromatic heterocycles. The molecule has 16 heteroatoms. The van der Waals surface area contributed by atoms with Crippen LogP contribution in [0.5, 0.6) is 0 Å². The summed E-state index contributed by atoms with van der Waals surface area (Å²) in [6.45, 7) is 10.4. The molecule has 4 aliphatic rings. The maximum absolute atomic E-state index is 13.3. The molecule has 5 amide bonds. The van der Waals surface area contributed by atoms with Gasteiger partial charge in [-0.2, -0.15) is 0 Å². The molecule has 1 atom stereocenters. The van der Waals surface area contributed by atoms with Gasteiger partial charge in [0.25, 0.3) is 11.8 Å². The first kappa shape index (κ1) is 36.9. The fraction of sp³-hybridized carbons (Fsp3) is 0.528. The number of benzene rings is 1. The minimum Gasteiger partial charge on any atom is -0.444 e. The van der Waals surface area contributed by atoms with Crippen LogP contribution in [0.3, 0.4) is 0 Å². The Hall–Kier alpha value is -3.44. The number of thioether (sulfide) groups is 1. The number of oxazole rings is 1. The number of fused-ring (bicyclic) bond motifs is 1. The number of hydrogen-bond donors (Lipinski definition) is 2. The quantitative estimate of drug-likeness (QED) is 0.216. The molecule has 7 rings (SSSR count). The van der Waals surface area contributed by atoms with Crippen molar-refractivity contribution >= 4 is 73.7 Å². The van der Waals surface area contributed by atoms with E-state index in [2.05, 4.69) is 67.1 Å². The maximum atomic E-state index is 13.3. The van der Waals surface area contributed by atoms with Crippen molar-refractivity contribution in [1.29, 1.82) is 0 Å². The van der Waals surface area contributed by atoms with Gasteiger partial charge in [-0.15, -0.1) is 11.8 Å². The first-order valence-electron chi connectivity index (χ1n) is 17.7. The number of likely N-dealkylation sites (tertiary alicyclic amines) is 2. The number of nitrogens with zero attached hydrogens (tertiary/aromatic N) is 5. The minimum atomic E-state index is -0.985. The summed E-state index contributed by atoms with van der Waals surface area (Å²) in [4.78, 5) is 78.4. The van der Waals surface area contributed by atoms with Gasteiger partial charge in [0.1, 0.15) is 11.8 Å². The molecule has 52 heavy (non-hydrogen) atoms. The van der Waals surface area contributed by atoms with E-state index in [0.717, 1.165) is 76.8 Å². The van der Waals surface area contributed by atoms with Gasteiger partial charge in [-0.3, -0.25) is 39.1 Å². The van der Waals surface area contributed by atoms with Crippen molar-refractivity contribution in [2.45, 2.75) is 93.3 Å². The summed E-state index contributed by atoms with van der Waals surface area (Å²) in [6, 6.07) is 2.91. The third kappa shape index (κ3) is 7.91. The Balaban J connectivity index is 0.854. The number of anilines is 1. The van der Waals surface area contributed by atoms with E-state index in [0.29, 0.717) is 34.9 Å². The summed E-state index contributed by atoms with van der Waals surface area (Å²) in [7, 11) is 0. The van der Waals surface area contributed by atoms with Gasteiger partial charge in [0, 0.05) is 34.8 Å². The van der Waals surface area contributed by atoms with E-state index in [1.165, 1.54) is 11.3 Å². The van der Waals surface area contributed by atoms with Crippen molar-refractivity contribution in [3.8, 4) is 0 Å². The Morgan fingerprint density at radius 2 is 1.71 bits per heavy atom. The lowest BCUT2D eigenvalue weighted by Crippen LogP contribution is -2.54. The van der Waals surface area contributed by atoms with Crippen LogP contribution >= 0.6 is 39.0 Å². The first-order chi connectivity index (χ1) is 24.8. The minimum absolute atomic E-state index is 0.0308. The first-order valence-corrected chi connectivity index (χ1v) is 20.3. The maximum Gasteiger partial charge on any atom is 0.262 e. The summed E-state index contributed by atoms with van der Waals surface area (Å²) in [5, 5.41) is 5.89. The average Bonchev–Trinajstić information content (AvgIpc) is 3.84. The van der Waals surface area contributed by atoms with Crippen molar-refractivity contribution in [3.63, 3.8) is 0 Å². The highest BCUT2D eigenvalue weighted by atomic mass is 79.9. The number of thiazole rings is 1. The number of imide groups is 2. The molecule has 0 radical (unpaired) electrons. The molecule has 0 bridgehead atoms. The van der Waals surface area contributed by atoms with Crippen LogP contribution in [-0.4, -0.2) is 92.5 Å². The molecule has 6 heterocycles. The van der Waals surface area contributed by atoms with Crippen LogP contribution in [0.1, 0.15) is 97.2 Å². The Morgan fingerprint density at radius 3 is 2.38 bits per heavy atom. The second-order valence-electron chi connectivity index (χ2n) is 14.9. The van der Waals surface area contributed by atoms with Gasteiger partial charge in [0.05, 0.1) is 33.5 Å². The van der Waals surface area contributed by atoms with Gasteiger partial charge in [-0.1, -0.05) is 48.0 Å². The van der Waals surface area contributed by atoms with Crippen LogP contribution < -0.4 is 10.6 Å². The van der Waals surface area contributed by atoms with Crippen molar-refractivity contribution < 1.29 is 28.4 Å². The molecular weight excluding hydrogens is 770 g/mol. The fourth-order valence-corrected chi connectivity index (χ4v) is 9.51. The number of halogens is 1. The number of amides is 5. The summed E-state index contributed by atoms with van der Waals surface area (Å²) < 4.78 is 7.63. The topological polar surface area (TPSA) is 158 Å². The Bertz CT molecular complexity index is 1890. The van der Waals surface area contributed by atoms with E-state index in [4.69, 9.17) is 4.42 Å². The summed E-state index contributed by atoms with van der Waals surface area (Å²) in [5.41, 5.74) is 1.38. The van der Waals surface area contributed by atoms with E-state index >= 15 is 0 Å². The summed E-state index contributed by atoms with van der Waals surface area (Å²) in [5.74, 6) is 0.108. The number of carbonyl (C=O) groups excluding carboxylic acids is 5. The molecule has 0 saturated carbocycles. The van der Waals surface area contributed by atoms with E-state index in [9.17, 15) is 24.0 Å². The molecule has 1 aromatic carbocycles. The lowest BCUT2D eigenvalue weighted by Gasteiger charge is -2.41. The number of aromatic nitrogens is 2.